The molecule has 0 bridgehead atoms. The molecule has 0 atom stereocenters. The molecule has 0 saturated carbocycles. The van der Waals surface area contributed by atoms with Crippen molar-refractivity contribution in [2.75, 3.05) is 13.7 Å². The summed E-state index contributed by atoms with van der Waals surface area (Å²) in [7, 11) is 1.67. The zero-order valence-corrected chi connectivity index (χ0v) is 13.2. The highest BCUT2D eigenvalue weighted by molar-refractivity contribution is 5.79. The standard InChI is InChI=1S/C17H20N2O3/c1-11-16(12(2)22-18-11)9-17(20)19-7-6-13-8-15(21-3)5-4-14(13)10-19/h4-5,8H,6-7,9-10H2,1-3H3. The van der Waals surface area contributed by atoms with E-state index in [2.05, 4.69) is 11.2 Å². The molecule has 0 fully saturated rings. The van der Waals surface area contributed by atoms with E-state index in [1.807, 2.05) is 30.9 Å². The Morgan fingerprint density at radius 2 is 2.18 bits per heavy atom. The fraction of sp³-hybridized carbons (Fsp3) is 0.412. The van der Waals surface area contributed by atoms with Gasteiger partial charge >= 0.3 is 0 Å². The lowest BCUT2D eigenvalue weighted by atomic mass is 9.98. The van der Waals surface area contributed by atoms with Crippen molar-refractivity contribution in [3.63, 3.8) is 0 Å². The van der Waals surface area contributed by atoms with Crippen LogP contribution in [0.2, 0.25) is 0 Å². The Labute approximate surface area is 129 Å². The number of hydrogen-bond donors (Lipinski definition) is 0. The monoisotopic (exact) mass is 300 g/mol. The lowest BCUT2D eigenvalue weighted by Gasteiger charge is -2.29. The van der Waals surface area contributed by atoms with Crippen LogP contribution in [0, 0.1) is 13.8 Å². The minimum absolute atomic E-state index is 0.121. The van der Waals surface area contributed by atoms with E-state index < -0.39 is 0 Å². The number of hydrogen-bond acceptors (Lipinski definition) is 4. The summed E-state index contributed by atoms with van der Waals surface area (Å²) < 4.78 is 10.4. The molecule has 22 heavy (non-hydrogen) atoms. The number of amides is 1. The van der Waals surface area contributed by atoms with Gasteiger partial charge in [-0.05, 0) is 43.5 Å². The third-order valence-corrected chi connectivity index (χ3v) is 4.29. The molecule has 1 aliphatic heterocycles. The Morgan fingerprint density at radius 1 is 1.36 bits per heavy atom. The summed E-state index contributed by atoms with van der Waals surface area (Å²) in [5.74, 6) is 1.72. The van der Waals surface area contributed by atoms with Crippen molar-refractivity contribution in [2.45, 2.75) is 33.2 Å². The summed E-state index contributed by atoms with van der Waals surface area (Å²) >= 11 is 0. The second-order valence-corrected chi connectivity index (χ2v) is 5.68. The normalized spacial score (nSPS) is 13.9. The van der Waals surface area contributed by atoms with Crippen LogP contribution in [0.25, 0.3) is 0 Å². The smallest absolute Gasteiger partial charge is 0.227 e. The van der Waals surface area contributed by atoms with Crippen LogP contribution in [0.15, 0.2) is 22.7 Å². The van der Waals surface area contributed by atoms with E-state index in [9.17, 15) is 4.79 Å². The average molecular weight is 300 g/mol. The van der Waals surface area contributed by atoms with Crippen LogP contribution in [0.5, 0.6) is 5.75 Å². The number of aromatic nitrogens is 1. The maximum Gasteiger partial charge on any atom is 0.227 e. The van der Waals surface area contributed by atoms with Crippen LogP contribution in [-0.4, -0.2) is 29.6 Å². The van der Waals surface area contributed by atoms with Crippen molar-refractivity contribution < 1.29 is 14.1 Å². The fourth-order valence-corrected chi connectivity index (χ4v) is 2.89. The van der Waals surface area contributed by atoms with E-state index in [1.54, 1.807) is 7.11 Å². The van der Waals surface area contributed by atoms with E-state index in [0.29, 0.717) is 13.0 Å². The minimum atomic E-state index is 0.121. The fourth-order valence-electron chi connectivity index (χ4n) is 2.89. The second kappa shape index (κ2) is 5.83. The molecule has 1 aromatic heterocycles. The van der Waals surface area contributed by atoms with Gasteiger partial charge in [-0.15, -0.1) is 0 Å². The van der Waals surface area contributed by atoms with E-state index in [4.69, 9.17) is 9.26 Å². The summed E-state index contributed by atoms with van der Waals surface area (Å²) in [5.41, 5.74) is 4.17. The largest absolute Gasteiger partial charge is 0.497 e. The van der Waals surface area contributed by atoms with Crippen LogP contribution in [-0.2, 0) is 24.2 Å². The van der Waals surface area contributed by atoms with Crippen LogP contribution in [0.3, 0.4) is 0 Å². The van der Waals surface area contributed by atoms with Gasteiger partial charge < -0.3 is 14.2 Å². The van der Waals surface area contributed by atoms with Crippen LogP contribution in [0.4, 0.5) is 0 Å². The highest BCUT2D eigenvalue weighted by atomic mass is 16.5. The molecule has 0 saturated heterocycles. The summed E-state index contributed by atoms with van der Waals surface area (Å²) in [6.07, 6.45) is 1.21. The van der Waals surface area contributed by atoms with Crippen molar-refractivity contribution >= 4 is 5.91 Å². The number of benzene rings is 1. The zero-order chi connectivity index (χ0) is 15.7. The van der Waals surface area contributed by atoms with Gasteiger partial charge in [0.15, 0.2) is 0 Å². The first-order valence-electron chi connectivity index (χ1n) is 7.44. The summed E-state index contributed by atoms with van der Waals surface area (Å²) in [6, 6.07) is 6.05. The predicted octanol–water partition coefficient (Wildman–Crippen LogP) is 2.43. The Hall–Kier alpha value is -2.30. The first-order valence-corrected chi connectivity index (χ1v) is 7.44. The third-order valence-electron chi connectivity index (χ3n) is 4.29. The molecule has 0 aliphatic carbocycles. The van der Waals surface area contributed by atoms with Gasteiger partial charge in [-0.3, -0.25) is 4.79 Å². The van der Waals surface area contributed by atoms with Crippen molar-refractivity contribution in [3.8, 4) is 5.75 Å². The quantitative estimate of drug-likeness (QED) is 0.873. The molecule has 2 heterocycles. The zero-order valence-electron chi connectivity index (χ0n) is 13.2. The van der Waals surface area contributed by atoms with Crippen molar-refractivity contribution in [1.82, 2.24) is 10.1 Å². The lowest BCUT2D eigenvalue weighted by molar-refractivity contribution is -0.131. The van der Waals surface area contributed by atoms with Gasteiger partial charge in [0.2, 0.25) is 5.91 Å². The molecule has 0 N–H and O–H groups in total. The first kappa shape index (κ1) is 14.6. The molecule has 3 rings (SSSR count). The SMILES string of the molecule is COc1ccc2c(c1)CCN(C(=O)Cc1c(C)noc1C)C2. The molecule has 5 nitrogen and oxygen atoms in total. The van der Waals surface area contributed by atoms with Gasteiger partial charge in [-0.1, -0.05) is 11.2 Å². The van der Waals surface area contributed by atoms with Gasteiger partial charge in [-0.2, -0.15) is 0 Å². The molecule has 0 unspecified atom stereocenters. The van der Waals surface area contributed by atoms with Gasteiger partial charge in [0.05, 0.1) is 19.2 Å². The summed E-state index contributed by atoms with van der Waals surface area (Å²) in [5, 5.41) is 3.91. The third kappa shape index (κ3) is 2.71. The van der Waals surface area contributed by atoms with Crippen LogP contribution >= 0.6 is 0 Å². The highest BCUT2D eigenvalue weighted by Gasteiger charge is 2.23. The van der Waals surface area contributed by atoms with Crippen LogP contribution in [0.1, 0.15) is 28.1 Å². The number of carbonyl (C=O) groups excluding carboxylic acids is 1. The molecule has 0 radical (unpaired) electrons. The molecule has 116 valence electrons. The molecule has 1 aliphatic rings. The van der Waals surface area contributed by atoms with E-state index in [-0.39, 0.29) is 5.91 Å². The number of fused-ring (bicyclic) bond motifs is 1. The summed E-state index contributed by atoms with van der Waals surface area (Å²) in [6.45, 7) is 5.11. The van der Waals surface area contributed by atoms with Gasteiger partial charge in [0.1, 0.15) is 11.5 Å². The maximum atomic E-state index is 12.5. The molecular formula is C17H20N2O3. The molecule has 1 amide bonds. The average Bonchev–Trinajstić information content (AvgIpc) is 2.85. The minimum Gasteiger partial charge on any atom is -0.497 e. The van der Waals surface area contributed by atoms with Crippen molar-refractivity contribution in [1.29, 1.82) is 0 Å². The Bertz CT molecular complexity index is 686. The molecule has 5 heteroatoms. The summed E-state index contributed by atoms with van der Waals surface area (Å²) in [4.78, 5) is 14.4. The van der Waals surface area contributed by atoms with Gasteiger partial charge in [-0.25, -0.2) is 0 Å². The van der Waals surface area contributed by atoms with E-state index >= 15 is 0 Å². The van der Waals surface area contributed by atoms with E-state index in [0.717, 1.165) is 35.7 Å². The Kier molecular flexibility index (Phi) is 3.88. The molecule has 1 aromatic carbocycles. The Morgan fingerprint density at radius 3 is 2.86 bits per heavy atom. The number of carbonyl (C=O) groups is 1. The molecular weight excluding hydrogens is 280 g/mol. The highest BCUT2D eigenvalue weighted by Crippen LogP contribution is 2.24. The Balaban J connectivity index is 1.73. The number of nitrogens with zero attached hydrogens (tertiary/aromatic N) is 2. The van der Waals surface area contributed by atoms with Gasteiger partial charge in [0.25, 0.3) is 0 Å². The molecule has 2 aromatic rings. The second-order valence-electron chi connectivity index (χ2n) is 5.68. The van der Waals surface area contributed by atoms with Crippen LogP contribution < -0.4 is 4.74 Å². The first-order chi connectivity index (χ1) is 10.6. The topological polar surface area (TPSA) is 55.6 Å². The number of aryl methyl sites for hydroxylation is 2. The van der Waals surface area contributed by atoms with Crippen molar-refractivity contribution in [2.24, 2.45) is 0 Å². The number of methoxy groups -OCH3 is 1. The number of rotatable bonds is 3. The lowest BCUT2D eigenvalue weighted by Crippen LogP contribution is -2.37. The van der Waals surface area contributed by atoms with E-state index in [1.165, 1.54) is 11.1 Å². The predicted molar refractivity (Wildman–Crippen MR) is 81.8 cm³/mol. The van der Waals surface area contributed by atoms with Crippen molar-refractivity contribution in [3.05, 3.63) is 46.3 Å². The number of ether oxygens (including phenoxy) is 1. The maximum absolute atomic E-state index is 12.5. The van der Waals surface area contributed by atoms with Gasteiger partial charge in [0, 0.05) is 18.7 Å². The molecule has 0 spiro atoms.